The quantitative estimate of drug-likeness (QED) is 0.201. The van der Waals surface area contributed by atoms with Gasteiger partial charge in [-0.2, -0.15) is 0 Å². The summed E-state index contributed by atoms with van der Waals surface area (Å²) in [5, 5.41) is 0. The number of rotatable bonds is 5. The number of hydrogen-bond donors (Lipinski definition) is 0. The van der Waals surface area contributed by atoms with Gasteiger partial charge in [-0.1, -0.05) is 43.6 Å². The highest BCUT2D eigenvalue weighted by atomic mass is 79.9. The number of thioether (sulfide) groups is 1. The number of carbonyl (C=O) groups excluding carboxylic acids is 1. The summed E-state index contributed by atoms with van der Waals surface area (Å²) in [6.45, 7) is 0. The van der Waals surface area contributed by atoms with E-state index in [1.54, 1.807) is 24.3 Å². The first-order valence-corrected chi connectivity index (χ1v) is 10.2. The van der Waals surface area contributed by atoms with E-state index < -0.39 is 11.6 Å². The second kappa shape index (κ2) is 8.95. The largest absolute Gasteiger partial charge is 0.288 e. The van der Waals surface area contributed by atoms with E-state index in [9.17, 15) is 13.6 Å². The van der Waals surface area contributed by atoms with Crippen molar-refractivity contribution < 1.29 is 13.6 Å². The van der Waals surface area contributed by atoms with Crippen LogP contribution in [0.5, 0.6) is 0 Å². The fourth-order valence-corrected chi connectivity index (χ4v) is 3.73. The van der Waals surface area contributed by atoms with E-state index in [0.717, 1.165) is 19.9 Å². The number of ketones is 1. The maximum atomic E-state index is 14.1. The van der Waals surface area contributed by atoms with Crippen molar-refractivity contribution in [2.75, 3.05) is 0 Å². The van der Waals surface area contributed by atoms with Crippen LogP contribution in [0.15, 0.2) is 85.5 Å². The maximum absolute atomic E-state index is 14.1. The zero-order valence-electron chi connectivity index (χ0n) is 13.8. The van der Waals surface area contributed by atoms with Gasteiger partial charge in [0.25, 0.3) is 0 Å². The summed E-state index contributed by atoms with van der Waals surface area (Å²) in [4.78, 5) is 14.2. The molecule has 0 saturated carbocycles. The standard InChI is InChI=1S/C21H12Br2F2OS/c22-15-4-1-13(2-5-15)21(26)20(27-18-9-6-16(23)7-10-18)11-14-3-8-17(24)12-19(14)25/h1-12H/b20-11+. The van der Waals surface area contributed by atoms with E-state index in [0.29, 0.717) is 10.5 Å². The summed E-state index contributed by atoms with van der Waals surface area (Å²) < 4.78 is 29.1. The fraction of sp³-hybridized carbons (Fsp3) is 0. The number of hydrogen-bond acceptors (Lipinski definition) is 2. The zero-order valence-corrected chi connectivity index (χ0v) is 17.7. The van der Waals surface area contributed by atoms with Gasteiger partial charge in [-0.3, -0.25) is 4.79 Å². The second-order valence-electron chi connectivity index (χ2n) is 5.57. The van der Waals surface area contributed by atoms with Gasteiger partial charge in [-0.05, 0) is 66.7 Å². The smallest absolute Gasteiger partial charge is 0.199 e. The molecule has 0 amide bonds. The molecule has 0 spiro atoms. The van der Waals surface area contributed by atoms with E-state index >= 15 is 0 Å². The van der Waals surface area contributed by atoms with Crippen molar-refractivity contribution in [3.05, 3.63) is 103 Å². The van der Waals surface area contributed by atoms with Crippen LogP contribution in [-0.4, -0.2) is 5.78 Å². The third-order valence-corrected chi connectivity index (χ3v) is 5.71. The molecule has 0 fully saturated rings. The molecule has 3 aromatic carbocycles. The molecule has 0 aromatic heterocycles. The minimum atomic E-state index is -0.715. The average molecular weight is 510 g/mol. The van der Waals surface area contributed by atoms with Crippen molar-refractivity contribution in [2.24, 2.45) is 0 Å². The maximum Gasteiger partial charge on any atom is 0.199 e. The monoisotopic (exact) mass is 508 g/mol. The first-order valence-electron chi connectivity index (χ1n) is 7.83. The molecular formula is C21H12Br2F2OS. The molecule has 0 radical (unpaired) electrons. The van der Waals surface area contributed by atoms with Gasteiger partial charge in [-0.25, -0.2) is 8.78 Å². The normalized spacial score (nSPS) is 11.5. The molecule has 0 heterocycles. The van der Waals surface area contributed by atoms with E-state index in [2.05, 4.69) is 31.9 Å². The van der Waals surface area contributed by atoms with Crippen molar-refractivity contribution in [3.8, 4) is 0 Å². The van der Waals surface area contributed by atoms with Gasteiger partial charge in [0.2, 0.25) is 0 Å². The van der Waals surface area contributed by atoms with Crippen molar-refractivity contribution >= 4 is 55.5 Å². The van der Waals surface area contributed by atoms with Crippen LogP contribution in [0.2, 0.25) is 0 Å². The minimum absolute atomic E-state index is 0.154. The van der Waals surface area contributed by atoms with Crippen LogP contribution in [0, 0.1) is 11.6 Å². The highest BCUT2D eigenvalue weighted by Crippen LogP contribution is 2.32. The Kier molecular flexibility index (Phi) is 6.63. The lowest BCUT2D eigenvalue weighted by Gasteiger charge is -2.08. The summed E-state index contributed by atoms with van der Waals surface area (Å²) >= 11 is 7.95. The van der Waals surface area contributed by atoms with Crippen LogP contribution in [0.3, 0.4) is 0 Å². The summed E-state index contributed by atoms with van der Waals surface area (Å²) in [5.41, 5.74) is 0.637. The van der Waals surface area contributed by atoms with Crippen LogP contribution < -0.4 is 0 Å². The number of Topliss-reactive ketones (excluding diaryl/α,β-unsaturated/α-hetero) is 1. The molecule has 3 aromatic rings. The Morgan fingerprint density at radius 1 is 0.852 bits per heavy atom. The Morgan fingerprint density at radius 3 is 2.04 bits per heavy atom. The lowest BCUT2D eigenvalue weighted by Crippen LogP contribution is -2.01. The summed E-state index contributed by atoms with van der Waals surface area (Å²) in [7, 11) is 0. The van der Waals surface area contributed by atoms with Crippen LogP contribution in [0.25, 0.3) is 6.08 Å². The molecule has 6 heteroatoms. The Labute approximate surface area is 176 Å². The lowest BCUT2D eigenvalue weighted by atomic mass is 10.1. The molecule has 0 saturated heterocycles. The van der Waals surface area contributed by atoms with Gasteiger partial charge in [0.05, 0.1) is 4.91 Å². The summed E-state index contributed by atoms with van der Waals surface area (Å²) in [6, 6.07) is 17.7. The fourth-order valence-electron chi connectivity index (χ4n) is 2.27. The molecule has 0 aliphatic carbocycles. The number of halogens is 4. The summed E-state index contributed by atoms with van der Waals surface area (Å²) in [6.07, 6.45) is 1.45. The Hall–Kier alpha value is -1.76. The molecule has 0 N–H and O–H groups in total. The topological polar surface area (TPSA) is 17.1 Å². The molecule has 136 valence electrons. The molecule has 0 bridgehead atoms. The van der Waals surface area contributed by atoms with Crippen molar-refractivity contribution in [1.29, 1.82) is 0 Å². The minimum Gasteiger partial charge on any atom is -0.288 e. The highest BCUT2D eigenvalue weighted by molar-refractivity contribution is 9.10. The van der Waals surface area contributed by atoms with E-state index in [1.807, 2.05) is 24.3 Å². The highest BCUT2D eigenvalue weighted by Gasteiger charge is 2.15. The summed E-state index contributed by atoms with van der Waals surface area (Å²) in [5.74, 6) is -1.61. The van der Waals surface area contributed by atoms with Crippen LogP contribution in [0.1, 0.15) is 15.9 Å². The first-order chi connectivity index (χ1) is 12.9. The predicted molar refractivity (Wildman–Crippen MR) is 113 cm³/mol. The lowest BCUT2D eigenvalue weighted by molar-refractivity contribution is 0.104. The molecule has 0 aliphatic rings. The van der Waals surface area contributed by atoms with Gasteiger partial charge in [-0.15, -0.1) is 0 Å². The van der Waals surface area contributed by atoms with Crippen molar-refractivity contribution in [2.45, 2.75) is 4.90 Å². The third kappa shape index (κ3) is 5.37. The number of benzene rings is 3. The molecule has 27 heavy (non-hydrogen) atoms. The molecular weight excluding hydrogens is 498 g/mol. The Balaban J connectivity index is 2.01. The van der Waals surface area contributed by atoms with E-state index in [4.69, 9.17) is 0 Å². The van der Waals surface area contributed by atoms with Crippen molar-refractivity contribution in [1.82, 2.24) is 0 Å². The van der Waals surface area contributed by atoms with Crippen LogP contribution in [0.4, 0.5) is 8.78 Å². The Bertz CT molecular complexity index is 1000. The van der Waals surface area contributed by atoms with Gasteiger partial charge in [0, 0.05) is 31.0 Å². The second-order valence-corrected chi connectivity index (χ2v) is 8.51. The average Bonchev–Trinajstić information content (AvgIpc) is 2.65. The Morgan fingerprint density at radius 2 is 1.44 bits per heavy atom. The molecule has 0 atom stereocenters. The predicted octanol–water partition coefficient (Wildman–Crippen LogP) is 7.51. The van der Waals surface area contributed by atoms with E-state index in [1.165, 1.54) is 30.0 Å². The first kappa shape index (κ1) is 20.0. The van der Waals surface area contributed by atoms with Crippen molar-refractivity contribution in [3.63, 3.8) is 0 Å². The van der Waals surface area contributed by atoms with Gasteiger partial charge in [0.15, 0.2) is 5.78 Å². The van der Waals surface area contributed by atoms with Gasteiger partial charge >= 0.3 is 0 Å². The zero-order chi connectivity index (χ0) is 19.4. The van der Waals surface area contributed by atoms with Crippen LogP contribution >= 0.6 is 43.6 Å². The molecule has 0 aliphatic heterocycles. The van der Waals surface area contributed by atoms with Gasteiger partial charge in [0.1, 0.15) is 11.6 Å². The van der Waals surface area contributed by atoms with E-state index in [-0.39, 0.29) is 11.3 Å². The third-order valence-electron chi connectivity index (χ3n) is 3.62. The molecule has 3 rings (SSSR count). The van der Waals surface area contributed by atoms with Gasteiger partial charge < -0.3 is 0 Å². The van der Waals surface area contributed by atoms with Crippen LogP contribution in [-0.2, 0) is 0 Å². The molecule has 0 unspecified atom stereocenters. The molecule has 1 nitrogen and oxygen atoms in total. The number of allylic oxidation sites excluding steroid dienone is 1. The SMILES string of the molecule is O=C(/C(=C\c1ccc(F)cc1F)Sc1ccc(Br)cc1)c1ccc(Br)cc1. The number of carbonyl (C=O) groups is 1.